The van der Waals surface area contributed by atoms with Crippen molar-refractivity contribution in [3.05, 3.63) is 59.4 Å². The third-order valence-corrected chi connectivity index (χ3v) is 5.22. The molecule has 130 valence electrons. The molecule has 1 saturated heterocycles. The molecule has 1 atom stereocenters. The van der Waals surface area contributed by atoms with Gasteiger partial charge in [-0.1, -0.05) is 25.1 Å². The van der Waals surface area contributed by atoms with E-state index in [1.807, 2.05) is 25.1 Å². The van der Waals surface area contributed by atoms with Crippen molar-refractivity contribution >= 4 is 35.0 Å². The van der Waals surface area contributed by atoms with Crippen molar-refractivity contribution in [1.82, 2.24) is 0 Å². The van der Waals surface area contributed by atoms with E-state index in [9.17, 15) is 14.0 Å². The number of aryl methyl sites for hydroxylation is 1. The maximum absolute atomic E-state index is 14.3. The van der Waals surface area contributed by atoms with Crippen molar-refractivity contribution in [2.75, 3.05) is 16.0 Å². The van der Waals surface area contributed by atoms with Gasteiger partial charge < -0.3 is 5.32 Å². The van der Waals surface area contributed by atoms with Crippen LogP contribution in [0.15, 0.2) is 42.5 Å². The largest absolute Gasteiger partial charge is 0.326 e. The standard InChI is InChI=1S/C19H19FN2O2S/c1-3-17(23)21-14-6-4-5-13(10-14)19-22(18(24)11-25-19)16-9-12(2)7-8-15(16)20/h4-10,19H,3,11H2,1-2H3,(H,21,23)/t19-/m0/s1. The highest BCUT2D eigenvalue weighted by Gasteiger charge is 2.35. The normalized spacial score (nSPS) is 17.0. The number of carbonyl (C=O) groups excluding carboxylic acids is 2. The first-order valence-corrected chi connectivity index (χ1v) is 9.14. The van der Waals surface area contributed by atoms with Crippen LogP contribution in [0.2, 0.25) is 0 Å². The second-order valence-electron chi connectivity index (χ2n) is 5.91. The lowest BCUT2D eigenvalue weighted by Crippen LogP contribution is -2.28. The predicted octanol–water partition coefficient (Wildman–Crippen LogP) is 4.26. The molecule has 2 aromatic carbocycles. The van der Waals surface area contributed by atoms with Crippen molar-refractivity contribution in [1.29, 1.82) is 0 Å². The lowest BCUT2D eigenvalue weighted by atomic mass is 10.1. The molecule has 0 aliphatic carbocycles. The molecular formula is C19H19FN2O2S. The minimum atomic E-state index is -0.415. The Morgan fingerprint density at radius 2 is 2.12 bits per heavy atom. The Hall–Kier alpha value is -2.34. The molecule has 0 bridgehead atoms. The highest BCUT2D eigenvalue weighted by molar-refractivity contribution is 8.00. The van der Waals surface area contributed by atoms with E-state index in [1.54, 1.807) is 25.1 Å². The molecule has 0 unspecified atom stereocenters. The van der Waals surface area contributed by atoms with Gasteiger partial charge in [-0.3, -0.25) is 14.5 Å². The van der Waals surface area contributed by atoms with Crippen molar-refractivity contribution in [2.45, 2.75) is 25.6 Å². The fourth-order valence-corrected chi connectivity index (χ4v) is 3.92. The molecule has 0 radical (unpaired) electrons. The Balaban J connectivity index is 1.96. The summed E-state index contributed by atoms with van der Waals surface area (Å²) in [6, 6.07) is 12.1. The fraction of sp³-hybridized carbons (Fsp3) is 0.263. The highest BCUT2D eigenvalue weighted by atomic mass is 32.2. The smallest absolute Gasteiger partial charge is 0.238 e. The van der Waals surface area contributed by atoms with Gasteiger partial charge in [0, 0.05) is 12.1 Å². The molecule has 0 aromatic heterocycles. The molecule has 4 nitrogen and oxygen atoms in total. The van der Waals surface area contributed by atoms with Crippen LogP contribution in [-0.2, 0) is 9.59 Å². The molecule has 25 heavy (non-hydrogen) atoms. The van der Waals surface area contributed by atoms with E-state index < -0.39 is 5.82 Å². The van der Waals surface area contributed by atoms with Crippen LogP contribution in [0.3, 0.4) is 0 Å². The van der Waals surface area contributed by atoms with Gasteiger partial charge in [0.2, 0.25) is 11.8 Å². The Morgan fingerprint density at radius 3 is 2.88 bits per heavy atom. The molecule has 2 amide bonds. The lowest BCUT2D eigenvalue weighted by molar-refractivity contribution is -0.116. The zero-order valence-electron chi connectivity index (χ0n) is 14.1. The van der Waals surface area contributed by atoms with Gasteiger partial charge in [0.15, 0.2) is 0 Å². The first kappa shape index (κ1) is 17.5. The first-order valence-electron chi connectivity index (χ1n) is 8.09. The molecule has 1 heterocycles. The number of benzene rings is 2. The Morgan fingerprint density at radius 1 is 1.32 bits per heavy atom. The monoisotopic (exact) mass is 358 g/mol. The van der Waals surface area contributed by atoms with Gasteiger partial charge in [-0.25, -0.2) is 4.39 Å². The summed E-state index contributed by atoms with van der Waals surface area (Å²) in [5, 5.41) is 2.50. The van der Waals surface area contributed by atoms with E-state index in [2.05, 4.69) is 5.32 Å². The number of rotatable bonds is 4. The zero-order chi connectivity index (χ0) is 18.0. The number of thioether (sulfide) groups is 1. The summed E-state index contributed by atoms with van der Waals surface area (Å²) >= 11 is 1.45. The van der Waals surface area contributed by atoms with Crippen LogP contribution >= 0.6 is 11.8 Å². The third kappa shape index (κ3) is 3.69. The molecule has 6 heteroatoms. The predicted molar refractivity (Wildman–Crippen MR) is 99.2 cm³/mol. The van der Waals surface area contributed by atoms with Crippen LogP contribution in [0.1, 0.15) is 29.8 Å². The Labute approximate surface area is 150 Å². The second-order valence-corrected chi connectivity index (χ2v) is 6.98. The molecule has 0 spiro atoms. The van der Waals surface area contributed by atoms with Gasteiger partial charge in [0.1, 0.15) is 11.2 Å². The summed E-state index contributed by atoms with van der Waals surface area (Å²) in [7, 11) is 0. The summed E-state index contributed by atoms with van der Waals surface area (Å²) in [5.41, 5.74) is 2.71. The minimum Gasteiger partial charge on any atom is -0.326 e. The number of amides is 2. The van der Waals surface area contributed by atoms with Crippen LogP contribution in [0.25, 0.3) is 0 Å². The van der Waals surface area contributed by atoms with E-state index in [4.69, 9.17) is 0 Å². The van der Waals surface area contributed by atoms with Gasteiger partial charge in [-0.2, -0.15) is 0 Å². The number of hydrogen-bond donors (Lipinski definition) is 1. The second kappa shape index (κ2) is 7.27. The maximum Gasteiger partial charge on any atom is 0.238 e. The van der Waals surface area contributed by atoms with Crippen molar-refractivity contribution in [3.8, 4) is 0 Å². The molecule has 3 rings (SSSR count). The Bertz CT molecular complexity index is 825. The zero-order valence-corrected chi connectivity index (χ0v) is 14.9. The average Bonchev–Trinajstić information content (AvgIpc) is 2.98. The number of hydrogen-bond acceptors (Lipinski definition) is 3. The summed E-state index contributed by atoms with van der Waals surface area (Å²) in [6.07, 6.45) is 0.390. The lowest BCUT2D eigenvalue weighted by Gasteiger charge is -2.25. The molecule has 1 aliphatic rings. The van der Waals surface area contributed by atoms with Crippen LogP contribution in [0, 0.1) is 12.7 Å². The average molecular weight is 358 g/mol. The number of nitrogens with one attached hydrogen (secondary N) is 1. The summed E-state index contributed by atoms with van der Waals surface area (Å²) in [6.45, 7) is 3.65. The van der Waals surface area contributed by atoms with Crippen LogP contribution in [0.4, 0.5) is 15.8 Å². The van der Waals surface area contributed by atoms with Gasteiger partial charge in [0.05, 0.1) is 11.4 Å². The SMILES string of the molecule is CCC(=O)Nc1cccc([C@@H]2SCC(=O)N2c2cc(C)ccc2F)c1. The summed E-state index contributed by atoms with van der Waals surface area (Å²) in [4.78, 5) is 25.5. The molecule has 1 aliphatic heterocycles. The van der Waals surface area contributed by atoms with Crippen molar-refractivity contribution in [2.24, 2.45) is 0 Å². The Kier molecular flexibility index (Phi) is 5.08. The van der Waals surface area contributed by atoms with Crippen molar-refractivity contribution in [3.63, 3.8) is 0 Å². The van der Waals surface area contributed by atoms with Gasteiger partial charge in [0.25, 0.3) is 0 Å². The highest BCUT2D eigenvalue weighted by Crippen LogP contribution is 2.43. The minimum absolute atomic E-state index is 0.0751. The quantitative estimate of drug-likeness (QED) is 0.888. The number of nitrogens with zero attached hydrogens (tertiary/aromatic N) is 1. The summed E-state index contributed by atoms with van der Waals surface area (Å²) in [5.74, 6) is -0.317. The topological polar surface area (TPSA) is 49.4 Å². The molecule has 0 saturated carbocycles. The third-order valence-electron chi connectivity index (χ3n) is 4.01. The molecule has 1 fully saturated rings. The van der Waals surface area contributed by atoms with Crippen LogP contribution < -0.4 is 10.2 Å². The van der Waals surface area contributed by atoms with E-state index in [0.717, 1.165) is 11.1 Å². The number of carbonyl (C=O) groups is 2. The van der Waals surface area contributed by atoms with Gasteiger partial charge in [-0.05, 0) is 42.3 Å². The molecular weight excluding hydrogens is 339 g/mol. The number of anilines is 2. The van der Waals surface area contributed by atoms with E-state index in [1.165, 1.54) is 22.7 Å². The van der Waals surface area contributed by atoms with Crippen molar-refractivity contribution < 1.29 is 14.0 Å². The maximum atomic E-state index is 14.3. The van der Waals surface area contributed by atoms with E-state index >= 15 is 0 Å². The number of halogens is 1. The van der Waals surface area contributed by atoms with Crippen LogP contribution in [-0.4, -0.2) is 17.6 Å². The fourth-order valence-electron chi connectivity index (χ4n) is 2.76. The first-order chi connectivity index (χ1) is 12.0. The molecule has 1 N–H and O–H groups in total. The van der Waals surface area contributed by atoms with Gasteiger partial charge >= 0.3 is 0 Å². The molecule has 2 aromatic rings. The summed E-state index contributed by atoms with van der Waals surface area (Å²) < 4.78 is 14.3. The van der Waals surface area contributed by atoms with E-state index in [-0.39, 0.29) is 17.2 Å². The van der Waals surface area contributed by atoms with E-state index in [0.29, 0.717) is 23.5 Å². The van der Waals surface area contributed by atoms with Gasteiger partial charge in [-0.15, -0.1) is 11.8 Å². The van der Waals surface area contributed by atoms with Crippen LogP contribution in [0.5, 0.6) is 0 Å².